The van der Waals surface area contributed by atoms with E-state index in [1.165, 1.54) is 11.4 Å². The molecule has 0 aliphatic heterocycles. The van der Waals surface area contributed by atoms with E-state index in [2.05, 4.69) is 10.1 Å². The molecule has 0 aliphatic rings. The Balaban J connectivity index is 2.30. The van der Waals surface area contributed by atoms with E-state index in [0.717, 1.165) is 11.1 Å². The lowest BCUT2D eigenvalue weighted by molar-refractivity contribution is 0.101. The zero-order valence-electron chi connectivity index (χ0n) is 10.7. The molecule has 100 valence electrons. The van der Waals surface area contributed by atoms with E-state index < -0.39 is 0 Å². The average molecular weight is 287 g/mol. The molecule has 0 radical (unpaired) electrons. The molecule has 6 heteroatoms. The molecule has 0 unspecified atom stereocenters. The second-order valence-electron chi connectivity index (χ2n) is 4.40. The molecule has 1 aromatic carbocycles. The largest absolute Gasteiger partial charge is 0.366 e. The average Bonchev–Trinajstić information content (AvgIpc) is 2.79. The molecule has 5 nitrogen and oxygen atoms in total. The molecular weight excluding hydrogens is 276 g/mol. The number of anilines is 1. The van der Waals surface area contributed by atoms with Crippen molar-refractivity contribution in [2.45, 2.75) is 6.92 Å². The lowest BCUT2D eigenvalue weighted by Gasteiger charge is -2.06. The highest BCUT2D eigenvalue weighted by Gasteiger charge is 2.14. The van der Waals surface area contributed by atoms with Crippen LogP contribution in [0.5, 0.6) is 0 Å². The van der Waals surface area contributed by atoms with E-state index in [-0.39, 0.29) is 11.7 Å². The van der Waals surface area contributed by atoms with Crippen LogP contribution in [-0.2, 0) is 0 Å². The number of rotatable bonds is 2. The third-order valence-electron chi connectivity index (χ3n) is 3.02. The maximum absolute atomic E-state index is 11.6. The molecule has 3 aromatic rings. The van der Waals surface area contributed by atoms with Crippen LogP contribution in [0.3, 0.4) is 0 Å². The number of ketones is 1. The van der Waals surface area contributed by atoms with Crippen molar-refractivity contribution in [3.05, 3.63) is 47.1 Å². The summed E-state index contributed by atoms with van der Waals surface area (Å²) >= 11 is 5.89. The minimum Gasteiger partial charge on any atom is -0.366 e. The summed E-state index contributed by atoms with van der Waals surface area (Å²) in [5, 5.41) is 4.73. The molecule has 0 spiro atoms. The molecule has 2 N–H and O–H groups in total. The molecule has 0 saturated carbocycles. The molecule has 0 fully saturated rings. The number of nitrogen functional groups attached to an aromatic ring is 1. The van der Waals surface area contributed by atoms with Crippen LogP contribution < -0.4 is 5.73 Å². The van der Waals surface area contributed by atoms with Gasteiger partial charge in [0, 0.05) is 17.5 Å². The molecule has 0 atom stereocenters. The number of fused-ring (bicyclic) bond motifs is 1. The number of hydrogen-bond acceptors (Lipinski definition) is 4. The molecule has 20 heavy (non-hydrogen) atoms. The third-order valence-corrected chi connectivity index (χ3v) is 3.27. The SMILES string of the molecule is CC(=O)c1ccc(-c2ccc(Cl)cc2)c2nc(N)nn12. The fourth-order valence-electron chi connectivity index (χ4n) is 2.10. The molecule has 0 saturated heterocycles. The number of Topliss-reactive ketones (excluding diaryl/α,β-unsaturated/α-hetero) is 1. The number of pyridine rings is 1. The van der Waals surface area contributed by atoms with Crippen molar-refractivity contribution in [2.75, 3.05) is 5.73 Å². The Morgan fingerprint density at radius 1 is 1.20 bits per heavy atom. The van der Waals surface area contributed by atoms with Gasteiger partial charge in [0.05, 0.1) is 0 Å². The standard InChI is InChI=1S/C14H11ClN4O/c1-8(20)12-7-6-11(9-2-4-10(15)5-3-9)13-17-14(16)18-19(12)13/h2-7H,1H3,(H2,16,18). The van der Waals surface area contributed by atoms with Crippen LogP contribution in [-0.4, -0.2) is 20.4 Å². The third kappa shape index (κ3) is 2.02. The molecule has 0 aliphatic carbocycles. The predicted octanol–water partition coefficient (Wildman–Crippen LogP) is 2.83. The van der Waals surface area contributed by atoms with Crippen LogP contribution in [0.2, 0.25) is 5.02 Å². The Kier molecular flexibility index (Phi) is 2.91. The Bertz CT molecular complexity index is 808. The van der Waals surface area contributed by atoms with Crippen molar-refractivity contribution in [2.24, 2.45) is 0 Å². The summed E-state index contributed by atoms with van der Waals surface area (Å²) in [6.07, 6.45) is 0. The number of hydrogen-bond donors (Lipinski definition) is 1. The molecule has 2 aromatic heterocycles. The Morgan fingerprint density at radius 2 is 1.90 bits per heavy atom. The summed E-state index contributed by atoms with van der Waals surface area (Å²) in [6.45, 7) is 1.48. The first-order valence-electron chi connectivity index (χ1n) is 5.98. The van der Waals surface area contributed by atoms with Gasteiger partial charge in [-0.2, -0.15) is 4.98 Å². The zero-order valence-corrected chi connectivity index (χ0v) is 11.4. The quantitative estimate of drug-likeness (QED) is 0.735. The van der Waals surface area contributed by atoms with Crippen LogP contribution in [0.15, 0.2) is 36.4 Å². The van der Waals surface area contributed by atoms with Gasteiger partial charge < -0.3 is 5.73 Å². The zero-order chi connectivity index (χ0) is 14.3. The van der Waals surface area contributed by atoms with Crippen molar-refractivity contribution in [1.29, 1.82) is 0 Å². The number of nitrogens with zero attached hydrogens (tertiary/aromatic N) is 3. The van der Waals surface area contributed by atoms with Crippen LogP contribution in [0.25, 0.3) is 16.8 Å². The first-order chi connectivity index (χ1) is 9.56. The maximum Gasteiger partial charge on any atom is 0.240 e. The highest BCUT2D eigenvalue weighted by atomic mass is 35.5. The van der Waals surface area contributed by atoms with E-state index in [0.29, 0.717) is 16.4 Å². The van der Waals surface area contributed by atoms with Crippen molar-refractivity contribution >= 4 is 29.0 Å². The van der Waals surface area contributed by atoms with Crippen molar-refractivity contribution in [3.8, 4) is 11.1 Å². The van der Waals surface area contributed by atoms with Gasteiger partial charge in [-0.05, 0) is 29.8 Å². The van der Waals surface area contributed by atoms with Gasteiger partial charge in [-0.3, -0.25) is 4.79 Å². The number of carbonyl (C=O) groups is 1. The monoisotopic (exact) mass is 286 g/mol. The van der Waals surface area contributed by atoms with Gasteiger partial charge in [-0.15, -0.1) is 5.10 Å². The summed E-state index contributed by atoms with van der Waals surface area (Å²) in [6, 6.07) is 10.9. The van der Waals surface area contributed by atoms with Crippen LogP contribution >= 0.6 is 11.6 Å². The Morgan fingerprint density at radius 3 is 2.55 bits per heavy atom. The fourth-order valence-corrected chi connectivity index (χ4v) is 2.22. The highest BCUT2D eigenvalue weighted by Crippen LogP contribution is 2.26. The summed E-state index contributed by atoms with van der Waals surface area (Å²) in [7, 11) is 0. The van der Waals surface area contributed by atoms with Gasteiger partial charge in [0.25, 0.3) is 0 Å². The second-order valence-corrected chi connectivity index (χ2v) is 4.84. The number of nitrogens with two attached hydrogens (primary N) is 1. The number of carbonyl (C=O) groups excluding carboxylic acids is 1. The minimum atomic E-state index is -0.0949. The molecule has 0 bridgehead atoms. The summed E-state index contributed by atoms with van der Waals surface area (Å²) < 4.78 is 1.47. The van der Waals surface area contributed by atoms with E-state index in [9.17, 15) is 4.79 Å². The van der Waals surface area contributed by atoms with Gasteiger partial charge in [-0.25, -0.2) is 4.52 Å². The van der Waals surface area contributed by atoms with Gasteiger partial charge in [-0.1, -0.05) is 23.7 Å². The summed E-state index contributed by atoms with van der Waals surface area (Å²) in [5.74, 6) is 0.0384. The lowest BCUT2D eigenvalue weighted by Crippen LogP contribution is -2.04. The predicted molar refractivity (Wildman–Crippen MR) is 77.8 cm³/mol. The van der Waals surface area contributed by atoms with Gasteiger partial charge in [0.1, 0.15) is 5.69 Å². The lowest BCUT2D eigenvalue weighted by atomic mass is 10.1. The molecule has 3 rings (SSSR count). The first kappa shape index (κ1) is 12.6. The Hall–Kier alpha value is -2.40. The summed E-state index contributed by atoms with van der Waals surface area (Å²) in [5.41, 5.74) is 8.43. The second kappa shape index (κ2) is 4.61. The summed E-state index contributed by atoms with van der Waals surface area (Å²) in [4.78, 5) is 15.8. The van der Waals surface area contributed by atoms with Gasteiger partial charge in [0.2, 0.25) is 5.95 Å². The number of halogens is 1. The Labute approximate surface area is 120 Å². The normalized spacial score (nSPS) is 10.9. The van der Waals surface area contributed by atoms with Crippen LogP contribution in [0.1, 0.15) is 17.4 Å². The van der Waals surface area contributed by atoms with E-state index in [1.807, 2.05) is 18.2 Å². The number of aromatic nitrogens is 3. The molecule has 0 amide bonds. The highest BCUT2D eigenvalue weighted by molar-refractivity contribution is 6.30. The van der Waals surface area contributed by atoms with E-state index in [4.69, 9.17) is 17.3 Å². The van der Waals surface area contributed by atoms with Gasteiger partial charge in [0.15, 0.2) is 11.4 Å². The smallest absolute Gasteiger partial charge is 0.240 e. The molecule has 2 heterocycles. The van der Waals surface area contributed by atoms with E-state index >= 15 is 0 Å². The molecular formula is C14H11ClN4O. The first-order valence-corrected chi connectivity index (χ1v) is 6.36. The minimum absolute atomic E-state index is 0.0949. The van der Waals surface area contributed by atoms with Gasteiger partial charge >= 0.3 is 0 Å². The maximum atomic E-state index is 11.6. The van der Waals surface area contributed by atoms with Crippen molar-refractivity contribution in [3.63, 3.8) is 0 Å². The topological polar surface area (TPSA) is 73.3 Å². The van der Waals surface area contributed by atoms with Crippen LogP contribution in [0, 0.1) is 0 Å². The van der Waals surface area contributed by atoms with Crippen LogP contribution in [0.4, 0.5) is 5.95 Å². The van der Waals surface area contributed by atoms with Crippen molar-refractivity contribution < 1.29 is 4.79 Å². The van der Waals surface area contributed by atoms with E-state index in [1.54, 1.807) is 18.2 Å². The van der Waals surface area contributed by atoms with Crippen molar-refractivity contribution in [1.82, 2.24) is 14.6 Å². The number of benzene rings is 1. The fraction of sp³-hybridized carbons (Fsp3) is 0.0714.